The van der Waals surface area contributed by atoms with Crippen LogP contribution in [-0.4, -0.2) is 31.3 Å². The summed E-state index contributed by atoms with van der Waals surface area (Å²) in [4.78, 5) is 11.4. The monoisotopic (exact) mass is 278 g/mol. The molecule has 0 aliphatic heterocycles. The fourth-order valence-electron chi connectivity index (χ4n) is 1.79. The lowest BCUT2D eigenvalue weighted by Crippen LogP contribution is -2.37. The molecule has 2 N–H and O–H groups in total. The maximum absolute atomic E-state index is 11.4. The molecule has 4 nitrogen and oxygen atoms in total. The molecule has 0 saturated heterocycles. The van der Waals surface area contributed by atoms with Gasteiger partial charge in [-0.3, -0.25) is 0 Å². The number of nitrogens with one attached hydrogen (secondary N) is 2. The van der Waals surface area contributed by atoms with Crippen LogP contribution >= 0.6 is 0 Å². The predicted molar refractivity (Wildman–Crippen MR) is 82.0 cm³/mol. The van der Waals surface area contributed by atoms with Gasteiger partial charge in [0.25, 0.3) is 0 Å². The maximum Gasteiger partial charge on any atom is 0.407 e. The Hall–Kier alpha value is -1.55. The lowest BCUT2D eigenvalue weighted by atomic mass is 10.0. The third-order valence-corrected chi connectivity index (χ3v) is 2.79. The quantitative estimate of drug-likeness (QED) is 0.787. The summed E-state index contributed by atoms with van der Waals surface area (Å²) in [5.41, 5.74) is 0.874. The Morgan fingerprint density at radius 1 is 1.20 bits per heavy atom. The third-order valence-electron chi connectivity index (χ3n) is 2.79. The van der Waals surface area contributed by atoms with Crippen LogP contribution in [0.5, 0.6) is 0 Å². The first-order chi connectivity index (χ1) is 9.38. The first-order valence-electron chi connectivity index (χ1n) is 7.11. The van der Waals surface area contributed by atoms with E-state index in [0.717, 1.165) is 13.1 Å². The fraction of sp³-hybridized carbons (Fsp3) is 0.562. The number of hydrogen-bond acceptors (Lipinski definition) is 3. The van der Waals surface area contributed by atoms with Gasteiger partial charge in [-0.25, -0.2) is 4.79 Å². The standard InChI is InChI=1S/C16H26N2O2/c1-13(14-8-6-5-7-9-14)12-17-10-11-18-15(19)20-16(2,3)4/h5-9,13,17H,10-12H2,1-4H3,(H,18,19). The molecule has 1 unspecified atom stereocenters. The van der Waals surface area contributed by atoms with Crippen LogP contribution in [0, 0.1) is 0 Å². The molecule has 1 atom stereocenters. The first kappa shape index (κ1) is 16.5. The number of amides is 1. The number of benzene rings is 1. The highest BCUT2D eigenvalue weighted by atomic mass is 16.6. The number of carbonyl (C=O) groups excluding carboxylic acids is 1. The normalized spacial score (nSPS) is 12.8. The summed E-state index contributed by atoms with van der Waals surface area (Å²) in [7, 11) is 0. The summed E-state index contributed by atoms with van der Waals surface area (Å²) in [5.74, 6) is 0.456. The summed E-state index contributed by atoms with van der Waals surface area (Å²) in [5, 5.41) is 6.06. The summed E-state index contributed by atoms with van der Waals surface area (Å²) in [6, 6.07) is 10.4. The van der Waals surface area contributed by atoms with E-state index in [9.17, 15) is 4.79 Å². The minimum atomic E-state index is -0.445. The number of alkyl carbamates (subject to hydrolysis) is 1. The van der Waals surface area contributed by atoms with Gasteiger partial charge in [0.05, 0.1) is 0 Å². The fourth-order valence-corrected chi connectivity index (χ4v) is 1.79. The van der Waals surface area contributed by atoms with Crippen molar-refractivity contribution in [2.24, 2.45) is 0 Å². The van der Waals surface area contributed by atoms with E-state index < -0.39 is 5.60 Å². The molecule has 0 aliphatic carbocycles. The van der Waals surface area contributed by atoms with Gasteiger partial charge in [-0.15, -0.1) is 0 Å². The van der Waals surface area contributed by atoms with Crippen LogP contribution in [0.4, 0.5) is 4.79 Å². The van der Waals surface area contributed by atoms with Gasteiger partial charge in [-0.2, -0.15) is 0 Å². The van der Waals surface area contributed by atoms with E-state index in [1.807, 2.05) is 26.8 Å². The Balaban J connectivity index is 2.12. The average molecular weight is 278 g/mol. The van der Waals surface area contributed by atoms with Crippen LogP contribution in [-0.2, 0) is 4.74 Å². The average Bonchev–Trinajstić information content (AvgIpc) is 2.37. The first-order valence-corrected chi connectivity index (χ1v) is 7.11. The Kier molecular flexibility index (Phi) is 6.52. The van der Waals surface area contributed by atoms with Crippen molar-refractivity contribution < 1.29 is 9.53 Å². The lowest BCUT2D eigenvalue weighted by molar-refractivity contribution is 0.0528. The van der Waals surface area contributed by atoms with E-state index in [0.29, 0.717) is 12.5 Å². The van der Waals surface area contributed by atoms with Gasteiger partial charge < -0.3 is 15.4 Å². The predicted octanol–water partition coefficient (Wildman–Crippen LogP) is 2.90. The highest BCUT2D eigenvalue weighted by molar-refractivity contribution is 5.67. The second-order valence-electron chi connectivity index (χ2n) is 5.94. The van der Waals surface area contributed by atoms with Crippen molar-refractivity contribution in [1.29, 1.82) is 0 Å². The molecule has 20 heavy (non-hydrogen) atoms. The van der Waals surface area contributed by atoms with E-state index in [4.69, 9.17) is 4.74 Å². The Labute approximate surface area is 121 Å². The van der Waals surface area contributed by atoms with Gasteiger partial charge in [-0.1, -0.05) is 37.3 Å². The van der Waals surface area contributed by atoms with Gasteiger partial charge in [0, 0.05) is 19.6 Å². The molecule has 1 aromatic carbocycles. The maximum atomic E-state index is 11.4. The van der Waals surface area contributed by atoms with Crippen molar-refractivity contribution in [3.63, 3.8) is 0 Å². The Morgan fingerprint density at radius 2 is 1.85 bits per heavy atom. The number of rotatable bonds is 6. The van der Waals surface area contributed by atoms with E-state index in [-0.39, 0.29) is 6.09 Å². The highest BCUT2D eigenvalue weighted by Gasteiger charge is 2.15. The minimum absolute atomic E-state index is 0.365. The molecule has 0 bridgehead atoms. The van der Waals surface area contributed by atoms with E-state index in [2.05, 4.69) is 41.8 Å². The summed E-state index contributed by atoms with van der Waals surface area (Å²) < 4.78 is 5.16. The zero-order chi connectivity index (χ0) is 15.0. The van der Waals surface area contributed by atoms with Gasteiger partial charge in [0.1, 0.15) is 5.60 Å². The highest BCUT2D eigenvalue weighted by Crippen LogP contribution is 2.12. The van der Waals surface area contributed by atoms with Crippen molar-refractivity contribution in [2.45, 2.75) is 39.2 Å². The molecule has 0 aromatic heterocycles. The molecule has 0 aliphatic rings. The molecule has 0 radical (unpaired) electrons. The van der Waals surface area contributed by atoms with Crippen LogP contribution < -0.4 is 10.6 Å². The second-order valence-corrected chi connectivity index (χ2v) is 5.94. The summed E-state index contributed by atoms with van der Waals surface area (Å²) >= 11 is 0. The third kappa shape index (κ3) is 7.14. The zero-order valence-corrected chi connectivity index (χ0v) is 12.9. The lowest BCUT2D eigenvalue weighted by Gasteiger charge is -2.20. The molecule has 1 aromatic rings. The summed E-state index contributed by atoms with van der Waals surface area (Å²) in [6.45, 7) is 9.93. The molecule has 0 saturated carbocycles. The number of ether oxygens (including phenoxy) is 1. The van der Waals surface area contributed by atoms with Crippen LogP contribution in [0.15, 0.2) is 30.3 Å². The Bertz CT molecular complexity index is 399. The molecular formula is C16H26N2O2. The van der Waals surface area contributed by atoms with E-state index >= 15 is 0 Å². The molecule has 1 rings (SSSR count). The van der Waals surface area contributed by atoms with Gasteiger partial charge in [0.2, 0.25) is 0 Å². The molecule has 112 valence electrons. The number of hydrogen-bond donors (Lipinski definition) is 2. The van der Waals surface area contributed by atoms with E-state index in [1.54, 1.807) is 0 Å². The summed E-state index contributed by atoms with van der Waals surface area (Å²) in [6.07, 6.45) is -0.365. The van der Waals surface area contributed by atoms with E-state index in [1.165, 1.54) is 5.56 Å². The Morgan fingerprint density at radius 3 is 2.45 bits per heavy atom. The van der Waals surface area contributed by atoms with Crippen LogP contribution in [0.3, 0.4) is 0 Å². The second kappa shape index (κ2) is 7.90. The molecule has 0 heterocycles. The van der Waals surface area contributed by atoms with Crippen molar-refractivity contribution in [3.05, 3.63) is 35.9 Å². The van der Waals surface area contributed by atoms with Crippen LogP contribution in [0.25, 0.3) is 0 Å². The van der Waals surface area contributed by atoms with Gasteiger partial charge in [-0.05, 0) is 32.3 Å². The van der Waals surface area contributed by atoms with Crippen molar-refractivity contribution in [1.82, 2.24) is 10.6 Å². The molecule has 0 spiro atoms. The van der Waals surface area contributed by atoms with Crippen molar-refractivity contribution in [2.75, 3.05) is 19.6 Å². The largest absolute Gasteiger partial charge is 0.444 e. The molecule has 1 amide bonds. The van der Waals surface area contributed by atoms with Crippen molar-refractivity contribution in [3.8, 4) is 0 Å². The minimum Gasteiger partial charge on any atom is -0.444 e. The molecular weight excluding hydrogens is 252 g/mol. The molecule has 0 fully saturated rings. The molecule has 4 heteroatoms. The smallest absolute Gasteiger partial charge is 0.407 e. The van der Waals surface area contributed by atoms with Crippen LogP contribution in [0.1, 0.15) is 39.2 Å². The van der Waals surface area contributed by atoms with Crippen LogP contribution in [0.2, 0.25) is 0 Å². The number of carbonyl (C=O) groups is 1. The SMILES string of the molecule is CC(CNCCNC(=O)OC(C)(C)C)c1ccccc1. The van der Waals surface area contributed by atoms with Crippen molar-refractivity contribution >= 4 is 6.09 Å². The zero-order valence-electron chi connectivity index (χ0n) is 12.9. The van der Waals surface area contributed by atoms with Gasteiger partial charge >= 0.3 is 6.09 Å². The topological polar surface area (TPSA) is 50.4 Å². The van der Waals surface area contributed by atoms with Gasteiger partial charge in [0.15, 0.2) is 0 Å².